The van der Waals surface area contributed by atoms with Gasteiger partial charge in [0.15, 0.2) is 5.65 Å². The topological polar surface area (TPSA) is 63.1 Å². The molecule has 0 saturated carbocycles. The zero-order valence-electron chi connectivity index (χ0n) is 16.6. The molecule has 1 fully saturated rings. The van der Waals surface area contributed by atoms with Crippen LogP contribution in [0.4, 0.5) is 10.1 Å². The van der Waals surface area contributed by atoms with E-state index >= 15 is 0 Å². The predicted molar refractivity (Wildman–Crippen MR) is 111 cm³/mol. The van der Waals surface area contributed by atoms with Crippen LogP contribution < -0.4 is 5.32 Å². The van der Waals surface area contributed by atoms with Gasteiger partial charge >= 0.3 is 0 Å². The van der Waals surface area contributed by atoms with E-state index in [1.165, 1.54) is 12.1 Å². The summed E-state index contributed by atoms with van der Waals surface area (Å²) < 4.78 is 15.0. The fraction of sp³-hybridized carbons (Fsp3) is 0.409. The van der Waals surface area contributed by atoms with Crippen LogP contribution in [0.5, 0.6) is 0 Å². The van der Waals surface area contributed by atoms with E-state index in [0.29, 0.717) is 18.2 Å². The summed E-state index contributed by atoms with van der Waals surface area (Å²) in [5.74, 6) is -0.0925. The molecule has 1 saturated heterocycles. The molecule has 152 valence electrons. The second-order valence-electron chi connectivity index (χ2n) is 7.65. The maximum Gasteiger partial charge on any atom is 0.238 e. The SMILES string of the molecule is CCCn1ncc2ccc(C3CCCN(CC(=O)Nc4ccc(F)cc4)C3)nc21. The van der Waals surface area contributed by atoms with E-state index in [0.717, 1.165) is 55.6 Å². The van der Waals surface area contributed by atoms with Crippen LogP contribution in [0, 0.1) is 5.82 Å². The molecular weight excluding hydrogens is 369 g/mol. The summed E-state index contributed by atoms with van der Waals surface area (Å²) in [5.41, 5.74) is 2.62. The molecular formula is C22H26FN5O. The van der Waals surface area contributed by atoms with Crippen molar-refractivity contribution in [2.45, 2.75) is 38.6 Å². The molecule has 4 rings (SSSR count). The molecule has 1 aliphatic rings. The van der Waals surface area contributed by atoms with Gasteiger partial charge < -0.3 is 5.32 Å². The number of piperidine rings is 1. The number of anilines is 1. The minimum Gasteiger partial charge on any atom is -0.325 e. The highest BCUT2D eigenvalue weighted by Gasteiger charge is 2.24. The smallest absolute Gasteiger partial charge is 0.238 e. The predicted octanol–water partition coefficient (Wildman–Crippen LogP) is 3.80. The van der Waals surface area contributed by atoms with Crippen LogP contribution in [0.3, 0.4) is 0 Å². The third-order valence-corrected chi connectivity index (χ3v) is 5.36. The van der Waals surface area contributed by atoms with Crippen LogP contribution in [-0.2, 0) is 11.3 Å². The van der Waals surface area contributed by atoms with Gasteiger partial charge in [0.1, 0.15) is 5.82 Å². The first-order chi connectivity index (χ1) is 14.1. The van der Waals surface area contributed by atoms with Gasteiger partial charge in [-0.1, -0.05) is 6.92 Å². The lowest BCUT2D eigenvalue weighted by Crippen LogP contribution is -2.40. The van der Waals surface area contributed by atoms with Gasteiger partial charge in [-0.25, -0.2) is 14.1 Å². The van der Waals surface area contributed by atoms with Crippen molar-refractivity contribution in [1.29, 1.82) is 0 Å². The van der Waals surface area contributed by atoms with Crippen molar-refractivity contribution in [2.24, 2.45) is 0 Å². The fourth-order valence-corrected chi connectivity index (χ4v) is 3.95. The first-order valence-electron chi connectivity index (χ1n) is 10.2. The molecule has 0 radical (unpaired) electrons. The zero-order chi connectivity index (χ0) is 20.2. The van der Waals surface area contributed by atoms with Gasteiger partial charge in [-0.2, -0.15) is 5.10 Å². The number of benzene rings is 1. The number of halogens is 1. The summed E-state index contributed by atoms with van der Waals surface area (Å²) in [6.07, 6.45) is 4.98. The molecule has 0 aliphatic carbocycles. The number of pyridine rings is 1. The molecule has 29 heavy (non-hydrogen) atoms. The number of rotatable bonds is 6. The number of aryl methyl sites for hydroxylation is 1. The highest BCUT2D eigenvalue weighted by molar-refractivity contribution is 5.92. The third kappa shape index (κ3) is 4.62. The summed E-state index contributed by atoms with van der Waals surface area (Å²) in [6.45, 7) is 5.01. The van der Waals surface area contributed by atoms with Gasteiger partial charge in [0.05, 0.1) is 12.7 Å². The summed E-state index contributed by atoms with van der Waals surface area (Å²) in [6, 6.07) is 10.0. The van der Waals surface area contributed by atoms with Gasteiger partial charge in [-0.15, -0.1) is 0 Å². The number of likely N-dealkylation sites (tertiary alicyclic amines) is 1. The first-order valence-corrected chi connectivity index (χ1v) is 10.2. The van der Waals surface area contributed by atoms with E-state index in [2.05, 4.69) is 34.4 Å². The molecule has 0 bridgehead atoms. The largest absolute Gasteiger partial charge is 0.325 e. The first kappa shape index (κ1) is 19.5. The monoisotopic (exact) mass is 395 g/mol. The summed E-state index contributed by atoms with van der Waals surface area (Å²) >= 11 is 0. The number of amides is 1. The molecule has 1 aliphatic heterocycles. The fourth-order valence-electron chi connectivity index (χ4n) is 3.95. The second-order valence-corrected chi connectivity index (χ2v) is 7.65. The van der Waals surface area contributed by atoms with Crippen LogP contribution in [0.15, 0.2) is 42.6 Å². The Balaban J connectivity index is 1.41. The number of aromatic nitrogens is 3. The Morgan fingerprint density at radius 3 is 2.86 bits per heavy atom. The van der Waals surface area contributed by atoms with Crippen LogP contribution in [0.25, 0.3) is 11.0 Å². The number of nitrogens with zero attached hydrogens (tertiary/aromatic N) is 4. The lowest BCUT2D eigenvalue weighted by atomic mass is 9.94. The van der Waals surface area contributed by atoms with E-state index in [1.54, 1.807) is 12.1 Å². The van der Waals surface area contributed by atoms with Crippen molar-refractivity contribution in [3.8, 4) is 0 Å². The van der Waals surface area contributed by atoms with Crippen LogP contribution >= 0.6 is 0 Å². The molecule has 1 unspecified atom stereocenters. The molecule has 3 heterocycles. The summed E-state index contributed by atoms with van der Waals surface area (Å²) in [7, 11) is 0. The maximum absolute atomic E-state index is 13.0. The number of carbonyl (C=O) groups excluding carboxylic acids is 1. The van der Waals surface area contributed by atoms with Gasteiger partial charge in [-0.05, 0) is 62.2 Å². The van der Waals surface area contributed by atoms with Crippen LogP contribution in [0.1, 0.15) is 37.8 Å². The second kappa shape index (κ2) is 8.69. The highest BCUT2D eigenvalue weighted by atomic mass is 19.1. The molecule has 1 N–H and O–H groups in total. The van der Waals surface area contributed by atoms with Gasteiger partial charge in [0.25, 0.3) is 0 Å². The summed E-state index contributed by atoms with van der Waals surface area (Å²) in [4.78, 5) is 19.5. The number of hydrogen-bond donors (Lipinski definition) is 1. The minimum absolute atomic E-state index is 0.0818. The van der Waals surface area contributed by atoms with E-state index in [-0.39, 0.29) is 11.7 Å². The highest BCUT2D eigenvalue weighted by Crippen LogP contribution is 2.27. The average Bonchev–Trinajstić information content (AvgIpc) is 3.12. The molecule has 1 amide bonds. The van der Waals surface area contributed by atoms with Gasteiger partial charge in [0, 0.05) is 35.8 Å². The van der Waals surface area contributed by atoms with E-state index in [4.69, 9.17) is 4.98 Å². The van der Waals surface area contributed by atoms with Gasteiger partial charge in [0.2, 0.25) is 5.91 Å². The van der Waals surface area contributed by atoms with Crippen molar-refractivity contribution < 1.29 is 9.18 Å². The van der Waals surface area contributed by atoms with Crippen molar-refractivity contribution >= 4 is 22.6 Å². The van der Waals surface area contributed by atoms with Crippen LogP contribution in [-0.4, -0.2) is 45.2 Å². The van der Waals surface area contributed by atoms with E-state index < -0.39 is 0 Å². The Hall–Kier alpha value is -2.80. The molecule has 3 aromatic rings. The Labute approximate surface area is 169 Å². The Kier molecular flexibility index (Phi) is 5.85. The van der Waals surface area contributed by atoms with Crippen molar-refractivity contribution in [1.82, 2.24) is 19.7 Å². The molecule has 7 heteroatoms. The lowest BCUT2D eigenvalue weighted by molar-refractivity contribution is -0.117. The normalized spacial score (nSPS) is 17.5. The lowest BCUT2D eigenvalue weighted by Gasteiger charge is -2.32. The summed E-state index contributed by atoms with van der Waals surface area (Å²) in [5, 5.41) is 8.34. The van der Waals surface area contributed by atoms with Gasteiger partial charge in [-0.3, -0.25) is 9.69 Å². The maximum atomic E-state index is 13.0. The Morgan fingerprint density at radius 2 is 2.07 bits per heavy atom. The van der Waals surface area contributed by atoms with Crippen molar-refractivity contribution in [3.63, 3.8) is 0 Å². The molecule has 2 aromatic heterocycles. The number of nitrogens with one attached hydrogen (secondary N) is 1. The Bertz CT molecular complexity index is 985. The zero-order valence-corrected chi connectivity index (χ0v) is 16.6. The Morgan fingerprint density at radius 1 is 1.24 bits per heavy atom. The minimum atomic E-state index is -0.313. The number of fused-ring (bicyclic) bond motifs is 1. The molecule has 1 aromatic carbocycles. The third-order valence-electron chi connectivity index (χ3n) is 5.36. The molecule has 6 nitrogen and oxygen atoms in total. The number of hydrogen-bond acceptors (Lipinski definition) is 4. The quantitative estimate of drug-likeness (QED) is 0.690. The van der Waals surface area contributed by atoms with Crippen molar-refractivity contribution in [3.05, 3.63) is 54.1 Å². The van der Waals surface area contributed by atoms with E-state index in [1.807, 2.05) is 10.9 Å². The standard InChI is InChI=1S/C22H26FN5O/c1-2-11-28-22-16(13-24-28)5-10-20(26-22)17-4-3-12-27(14-17)15-21(29)25-19-8-6-18(23)7-9-19/h5-10,13,17H,2-4,11-12,14-15H2,1H3,(H,25,29). The van der Waals surface area contributed by atoms with Crippen LogP contribution in [0.2, 0.25) is 0 Å². The van der Waals surface area contributed by atoms with E-state index in [9.17, 15) is 9.18 Å². The average molecular weight is 395 g/mol. The molecule has 1 atom stereocenters. The molecule has 0 spiro atoms. The number of carbonyl (C=O) groups is 1. The van der Waals surface area contributed by atoms with Crippen molar-refractivity contribution in [2.75, 3.05) is 25.0 Å².